The van der Waals surface area contributed by atoms with Gasteiger partial charge in [-0.3, -0.25) is 0 Å². The molecular weight excluding hydrogens is 324 g/mol. The maximum absolute atomic E-state index is 12.5. The lowest BCUT2D eigenvalue weighted by atomic mass is 9.93. The van der Waals surface area contributed by atoms with Crippen LogP contribution in [0.1, 0.15) is 73.9 Å². The molecule has 1 saturated carbocycles. The van der Waals surface area contributed by atoms with Crippen LogP contribution in [0.4, 0.5) is 4.79 Å². The normalized spacial score (nSPS) is 16.0. The zero-order valence-electron chi connectivity index (χ0n) is 16.2. The first-order valence-corrected chi connectivity index (χ1v) is 9.84. The zero-order valence-corrected chi connectivity index (χ0v) is 16.2. The van der Waals surface area contributed by atoms with Gasteiger partial charge in [0.25, 0.3) is 0 Å². The molecule has 1 heterocycles. The molecule has 1 aromatic heterocycles. The van der Waals surface area contributed by atoms with Gasteiger partial charge in [0.1, 0.15) is 5.82 Å². The molecule has 1 aliphatic carbocycles. The van der Waals surface area contributed by atoms with Crippen molar-refractivity contribution < 1.29 is 9.53 Å². The highest BCUT2D eigenvalue weighted by Crippen LogP contribution is 2.29. The Morgan fingerprint density at radius 2 is 2.08 bits per heavy atom. The van der Waals surface area contributed by atoms with Crippen molar-refractivity contribution in [2.75, 3.05) is 6.61 Å². The number of benzene rings is 1. The van der Waals surface area contributed by atoms with Crippen molar-refractivity contribution in [3.8, 4) is 0 Å². The summed E-state index contributed by atoms with van der Waals surface area (Å²) in [4.78, 5) is 16.9. The summed E-state index contributed by atoms with van der Waals surface area (Å²) < 4.78 is 7.07. The van der Waals surface area contributed by atoms with Crippen LogP contribution in [0.15, 0.2) is 30.6 Å². The average molecular weight is 354 g/mol. The average Bonchev–Trinajstić information content (AvgIpc) is 3.32. The van der Waals surface area contributed by atoms with Crippen LogP contribution in [0.5, 0.6) is 0 Å². The predicted octanol–water partition coefficient (Wildman–Crippen LogP) is 5.61. The molecule has 4 nitrogen and oxygen atoms in total. The monoisotopic (exact) mass is 354 g/mol. The van der Waals surface area contributed by atoms with Gasteiger partial charge in [0, 0.05) is 18.3 Å². The number of aryl methyl sites for hydroxylation is 1. The van der Waals surface area contributed by atoms with Crippen molar-refractivity contribution in [3.05, 3.63) is 53.1 Å². The van der Waals surface area contributed by atoms with E-state index in [-0.39, 0.29) is 12.0 Å². The van der Waals surface area contributed by atoms with E-state index in [1.807, 2.05) is 0 Å². The van der Waals surface area contributed by atoms with E-state index < -0.39 is 0 Å². The fourth-order valence-electron chi connectivity index (χ4n) is 4.07. The second-order valence-electron chi connectivity index (χ2n) is 7.57. The van der Waals surface area contributed by atoms with Gasteiger partial charge < -0.3 is 4.74 Å². The van der Waals surface area contributed by atoms with E-state index in [2.05, 4.69) is 44.0 Å². The lowest BCUT2D eigenvalue weighted by molar-refractivity contribution is 0.143. The summed E-state index contributed by atoms with van der Waals surface area (Å²) >= 11 is 0. The first kappa shape index (κ1) is 18.7. The van der Waals surface area contributed by atoms with Crippen molar-refractivity contribution >= 4 is 6.09 Å². The molecule has 2 aromatic rings. The molecule has 1 atom stereocenters. The molecule has 0 radical (unpaired) electrons. The first-order chi connectivity index (χ1) is 12.6. The highest BCUT2D eigenvalue weighted by atomic mass is 16.5. The minimum atomic E-state index is -0.318. The van der Waals surface area contributed by atoms with Gasteiger partial charge in [-0.05, 0) is 49.3 Å². The van der Waals surface area contributed by atoms with Crippen LogP contribution >= 0.6 is 0 Å². The molecule has 1 aromatic carbocycles. The molecule has 1 fully saturated rings. The Balaban J connectivity index is 1.61. The highest BCUT2D eigenvalue weighted by Gasteiger charge is 2.21. The third-order valence-electron chi connectivity index (χ3n) is 5.82. The Hall–Kier alpha value is -2.10. The standard InChI is InChI=1S/C22H30N2O2/c1-16-8-6-12-20(17(16)2)18(3)21-23-13-14-24(21)22(25)26-15-7-11-19-9-4-5-10-19/h6,8,12-14,18-19H,4-5,7,9-11,15H2,1-3H3/t18-/m0/s1. The smallest absolute Gasteiger partial charge is 0.419 e. The summed E-state index contributed by atoms with van der Waals surface area (Å²) in [6, 6.07) is 6.28. The van der Waals surface area contributed by atoms with Crippen molar-refractivity contribution in [1.82, 2.24) is 9.55 Å². The van der Waals surface area contributed by atoms with Crippen LogP contribution in [-0.4, -0.2) is 22.3 Å². The number of rotatable bonds is 6. The van der Waals surface area contributed by atoms with Crippen molar-refractivity contribution in [1.29, 1.82) is 0 Å². The molecule has 0 spiro atoms. The molecule has 3 rings (SSSR count). The molecular formula is C22H30N2O2. The van der Waals surface area contributed by atoms with Gasteiger partial charge >= 0.3 is 6.09 Å². The minimum Gasteiger partial charge on any atom is -0.449 e. The van der Waals surface area contributed by atoms with Crippen LogP contribution in [0.2, 0.25) is 0 Å². The number of nitrogens with zero attached hydrogens (tertiary/aromatic N) is 2. The number of hydrogen-bond acceptors (Lipinski definition) is 3. The molecule has 0 unspecified atom stereocenters. The van der Waals surface area contributed by atoms with Crippen LogP contribution in [0.3, 0.4) is 0 Å². The fraction of sp³-hybridized carbons (Fsp3) is 0.545. The Kier molecular flexibility index (Phi) is 6.12. The Labute approximate surface area is 156 Å². The topological polar surface area (TPSA) is 44.1 Å². The molecule has 0 N–H and O–H groups in total. The van der Waals surface area contributed by atoms with Crippen LogP contribution in [0, 0.1) is 19.8 Å². The summed E-state index contributed by atoms with van der Waals surface area (Å²) in [6.45, 7) is 6.81. The molecule has 26 heavy (non-hydrogen) atoms. The Bertz CT molecular complexity index is 744. The number of carbonyl (C=O) groups is 1. The molecule has 0 amide bonds. The molecule has 0 bridgehead atoms. The quantitative estimate of drug-likeness (QED) is 0.634. The molecule has 140 valence electrons. The summed E-state index contributed by atoms with van der Waals surface area (Å²) in [5.74, 6) is 1.61. The lowest BCUT2D eigenvalue weighted by Gasteiger charge is -2.17. The van der Waals surface area contributed by atoms with Crippen LogP contribution in [0.25, 0.3) is 0 Å². The second kappa shape index (κ2) is 8.52. The minimum absolute atomic E-state index is 0.0379. The van der Waals surface area contributed by atoms with E-state index >= 15 is 0 Å². The van der Waals surface area contributed by atoms with Crippen molar-refractivity contribution in [2.24, 2.45) is 5.92 Å². The number of carbonyl (C=O) groups excluding carboxylic acids is 1. The van der Waals surface area contributed by atoms with Gasteiger partial charge in [-0.1, -0.05) is 50.8 Å². The zero-order chi connectivity index (χ0) is 18.5. The number of imidazole rings is 1. The first-order valence-electron chi connectivity index (χ1n) is 9.84. The van der Waals surface area contributed by atoms with Gasteiger partial charge in [-0.2, -0.15) is 0 Å². The number of aromatic nitrogens is 2. The van der Waals surface area contributed by atoms with Crippen molar-refractivity contribution in [3.63, 3.8) is 0 Å². The van der Waals surface area contributed by atoms with Crippen LogP contribution in [-0.2, 0) is 4.74 Å². The van der Waals surface area contributed by atoms with E-state index in [0.717, 1.165) is 18.2 Å². The number of hydrogen-bond donors (Lipinski definition) is 0. The molecule has 4 heteroatoms. The second-order valence-corrected chi connectivity index (χ2v) is 7.57. The Morgan fingerprint density at radius 3 is 2.85 bits per heavy atom. The summed E-state index contributed by atoms with van der Waals surface area (Å²) in [7, 11) is 0. The summed E-state index contributed by atoms with van der Waals surface area (Å²) in [6.07, 6.45) is 10.6. The fourth-order valence-corrected chi connectivity index (χ4v) is 4.07. The lowest BCUT2D eigenvalue weighted by Crippen LogP contribution is -2.19. The summed E-state index contributed by atoms with van der Waals surface area (Å²) in [5, 5.41) is 0. The van der Waals surface area contributed by atoms with E-state index in [1.165, 1.54) is 48.8 Å². The SMILES string of the molecule is Cc1cccc([C@H](C)c2nccn2C(=O)OCCCC2CCCC2)c1C. The maximum Gasteiger partial charge on any atom is 0.419 e. The van der Waals surface area contributed by atoms with Gasteiger partial charge in [0.2, 0.25) is 0 Å². The third kappa shape index (κ3) is 4.17. The molecule has 1 aliphatic rings. The molecule has 0 aliphatic heterocycles. The van der Waals surface area contributed by atoms with E-state index in [1.54, 1.807) is 17.0 Å². The highest BCUT2D eigenvalue weighted by molar-refractivity contribution is 5.71. The van der Waals surface area contributed by atoms with E-state index in [4.69, 9.17) is 4.74 Å². The van der Waals surface area contributed by atoms with Gasteiger partial charge in [0.05, 0.1) is 6.61 Å². The van der Waals surface area contributed by atoms with Gasteiger partial charge in [-0.25, -0.2) is 14.3 Å². The van der Waals surface area contributed by atoms with E-state index in [0.29, 0.717) is 6.61 Å². The van der Waals surface area contributed by atoms with Gasteiger partial charge in [0.15, 0.2) is 0 Å². The Morgan fingerprint density at radius 1 is 1.31 bits per heavy atom. The van der Waals surface area contributed by atoms with Gasteiger partial charge in [-0.15, -0.1) is 0 Å². The largest absolute Gasteiger partial charge is 0.449 e. The molecule has 0 saturated heterocycles. The predicted molar refractivity (Wildman–Crippen MR) is 104 cm³/mol. The summed E-state index contributed by atoms with van der Waals surface area (Å²) in [5.41, 5.74) is 3.70. The maximum atomic E-state index is 12.5. The van der Waals surface area contributed by atoms with E-state index in [9.17, 15) is 4.79 Å². The third-order valence-corrected chi connectivity index (χ3v) is 5.82. The van der Waals surface area contributed by atoms with Crippen LogP contribution < -0.4 is 0 Å². The number of ether oxygens (including phenoxy) is 1. The van der Waals surface area contributed by atoms with Crippen molar-refractivity contribution in [2.45, 2.75) is 65.2 Å².